The van der Waals surface area contributed by atoms with Crippen LogP contribution in [0, 0.1) is 0 Å². The summed E-state index contributed by atoms with van der Waals surface area (Å²) in [6.07, 6.45) is 1.26. The van der Waals surface area contributed by atoms with Crippen molar-refractivity contribution >= 4 is 28.5 Å². The van der Waals surface area contributed by atoms with Crippen molar-refractivity contribution in [2.45, 2.75) is 26.3 Å². The minimum atomic E-state index is -0.464. The maximum Gasteiger partial charge on any atom is 0.338 e. The Morgan fingerprint density at radius 3 is 2.47 bits per heavy atom. The Morgan fingerprint density at radius 1 is 0.917 bits per heavy atom. The SMILES string of the molecule is CCOC(=O)c1cccc(NC(=O)Cn2c(=O)c(CCc3ccccc3)cc3ccc(OC)cc32)c1. The number of esters is 1. The second-order valence-corrected chi connectivity index (χ2v) is 8.32. The number of hydrogen-bond acceptors (Lipinski definition) is 5. The molecule has 1 aromatic heterocycles. The van der Waals surface area contributed by atoms with Crippen LogP contribution in [0.3, 0.4) is 0 Å². The Morgan fingerprint density at radius 2 is 1.72 bits per heavy atom. The molecule has 1 N–H and O–H groups in total. The van der Waals surface area contributed by atoms with Crippen molar-refractivity contribution in [3.8, 4) is 5.75 Å². The van der Waals surface area contributed by atoms with E-state index in [9.17, 15) is 14.4 Å². The third kappa shape index (κ3) is 5.81. The fourth-order valence-electron chi connectivity index (χ4n) is 4.08. The first-order valence-corrected chi connectivity index (χ1v) is 11.8. The highest BCUT2D eigenvalue weighted by Gasteiger charge is 2.15. The summed E-state index contributed by atoms with van der Waals surface area (Å²) in [7, 11) is 1.56. The van der Waals surface area contributed by atoms with E-state index in [0.29, 0.717) is 40.9 Å². The van der Waals surface area contributed by atoms with Gasteiger partial charge >= 0.3 is 5.97 Å². The van der Waals surface area contributed by atoms with Crippen molar-refractivity contribution in [2.24, 2.45) is 0 Å². The molecule has 0 unspecified atom stereocenters. The molecule has 0 aliphatic heterocycles. The van der Waals surface area contributed by atoms with Gasteiger partial charge in [0.15, 0.2) is 0 Å². The number of amides is 1. The predicted octanol–water partition coefficient (Wildman–Crippen LogP) is 4.61. The Kier molecular flexibility index (Phi) is 7.80. The van der Waals surface area contributed by atoms with Crippen LogP contribution in [-0.2, 0) is 28.9 Å². The summed E-state index contributed by atoms with van der Waals surface area (Å²) in [5.41, 5.74) is 2.94. The smallest absolute Gasteiger partial charge is 0.338 e. The van der Waals surface area contributed by atoms with E-state index in [-0.39, 0.29) is 24.6 Å². The molecule has 7 nitrogen and oxygen atoms in total. The van der Waals surface area contributed by atoms with Gasteiger partial charge in [-0.05, 0) is 67.1 Å². The van der Waals surface area contributed by atoms with Crippen LogP contribution in [-0.4, -0.2) is 30.2 Å². The third-order valence-corrected chi connectivity index (χ3v) is 5.86. The van der Waals surface area contributed by atoms with E-state index in [2.05, 4.69) is 5.32 Å². The van der Waals surface area contributed by atoms with Crippen LogP contribution < -0.4 is 15.6 Å². The quantitative estimate of drug-likeness (QED) is 0.351. The van der Waals surface area contributed by atoms with Gasteiger partial charge in [0.25, 0.3) is 5.56 Å². The number of hydrogen-bond donors (Lipinski definition) is 1. The second-order valence-electron chi connectivity index (χ2n) is 8.32. The summed E-state index contributed by atoms with van der Waals surface area (Å²) in [5, 5.41) is 3.63. The largest absolute Gasteiger partial charge is 0.497 e. The lowest BCUT2D eigenvalue weighted by molar-refractivity contribution is -0.116. The third-order valence-electron chi connectivity index (χ3n) is 5.86. The molecule has 0 atom stereocenters. The number of aromatic nitrogens is 1. The molecular weight excluding hydrogens is 456 g/mol. The summed E-state index contributed by atoms with van der Waals surface area (Å²) < 4.78 is 11.9. The average Bonchev–Trinajstić information content (AvgIpc) is 2.90. The molecule has 36 heavy (non-hydrogen) atoms. The summed E-state index contributed by atoms with van der Waals surface area (Å²) in [4.78, 5) is 38.5. The second kappa shape index (κ2) is 11.4. The first-order chi connectivity index (χ1) is 17.5. The van der Waals surface area contributed by atoms with Crippen molar-refractivity contribution in [3.63, 3.8) is 0 Å². The molecule has 184 valence electrons. The van der Waals surface area contributed by atoms with E-state index in [1.807, 2.05) is 48.5 Å². The van der Waals surface area contributed by atoms with Crippen LogP contribution >= 0.6 is 0 Å². The van der Waals surface area contributed by atoms with Crippen LogP contribution in [0.15, 0.2) is 83.7 Å². The summed E-state index contributed by atoms with van der Waals surface area (Å²) in [5.74, 6) is -0.258. The van der Waals surface area contributed by atoms with Gasteiger partial charge in [0.05, 0.1) is 24.8 Å². The number of ether oxygens (including phenoxy) is 2. The molecule has 0 saturated carbocycles. The average molecular weight is 485 g/mol. The highest BCUT2D eigenvalue weighted by atomic mass is 16.5. The first-order valence-electron chi connectivity index (χ1n) is 11.8. The molecule has 3 aromatic carbocycles. The number of fused-ring (bicyclic) bond motifs is 1. The lowest BCUT2D eigenvalue weighted by Gasteiger charge is -2.14. The van der Waals surface area contributed by atoms with E-state index >= 15 is 0 Å². The Balaban J connectivity index is 1.63. The van der Waals surface area contributed by atoms with Gasteiger partial charge in [-0.25, -0.2) is 4.79 Å². The Hall–Kier alpha value is -4.39. The van der Waals surface area contributed by atoms with E-state index in [1.165, 1.54) is 4.57 Å². The number of pyridine rings is 1. The lowest BCUT2D eigenvalue weighted by atomic mass is 10.0. The zero-order chi connectivity index (χ0) is 25.5. The zero-order valence-corrected chi connectivity index (χ0v) is 20.3. The molecule has 0 spiro atoms. The summed E-state index contributed by atoms with van der Waals surface area (Å²) in [6.45, 7) is 1.80. The maximum absolute atomic E-state index is 13.5. The monoisotopic (exact) mass is 484 g/mol. The van der Waals surface area contributed by atoms with Gasteiger partial charge in [-0.2, -0.15) is 0 Å². The highest BCUT2D eigenvalue weighted by molar-refractivity contribution is 5.95. The van der Waals surface area contributed by atoms with Crippen molar-refractivity contribution in [3.05, 3.63) is 106 Å². The van der Waals surface area contributed by atoms with Crippen LogP contribution in [0.5, 0.6) is 5.75 Å². The van der Waals surface area contributed by atoms with Gasteiger partial charge < -0.3 is 14.8 Å². The number of methoxy groups -OCH3 is 1. The summed E-state index contributed by atoms with van der Waals surface area (Å²) in [6, 6.07) is 23.8. The number of aryl methyl sites for hydroxylation is 2. The topological polar surface area (TPSA) is 86.6 Å². The molecular formula is C29H28N2O5. The normalized spacial score (nSPS) is 10.7. The highest BCUT2D eigenvalue weighted by Crippen LogP contribution is 2.21. The van der Waals surface area contributed by atoms with E-state index < -0.39 is 5.97 Å². The molecule has 4 rings (SSSR count). The number of nitrogens with zero attached hydrogens (tertiary/aromatic N) is 1. The number of rotatable bonds is 9. The fraction of sp³-hybridized carbons (Fsp3) is 0.207. The number of anilines is 1. The molecule has 0 aliphatic carbocycles. The maximum atomic E-state index is 13.5. The number of benzene rings is 3. The van der Waals surface area contributed by atoms with Gasteiger partial charge in [-0.3, -0.25) is 14.2 Å². The molecule has 7 heteroatoms. The van der Waals surface area contributed by atoms with Crippen molar-refractivity contribution < 1.29 is 19.1 Å². The molecule has 0 saturated heterocycles. The summed E-state index contributed by atoms with van der Waals surface area (Å²) >= 11 is 0. The van der Waals surface area contributed by atoms with Crippen molar-refractivity contribution in [1.82, 2.24) is 4.57 Å². The van der Waals surface area contributed by atoms with Crippen molar-refractivity contribution in [1.29, 1.82) is 0 Å². The van der Waals surface area contributed by atoms with Crippen LogP contribution in [0.25, 0.3) is 10.9 Å². The number of carbonyl (C=O) groups is 2. The Bertz CT molecular complexity index is 1440. The van der Waals surface area contributed by atoms with E-state index in [0.717, 1.165) is 10.9 Å². The minimum Gasteiger partial charge on any atom is -0.497 e. The standard InChI is InChI=1S/C29H28N2O5/c1-3-36-29(34)23-10-7-11-24(17-23)30-27(32)19-31-26-18-25(35-2)15-14-21(26)16-22(28(31)33)13-12-20-8-5-4-6-9-20/h4-11,14-18H,3,12-13,19H2,1-2H3,(H,30,32). The first kappa shape index (κ1) is 24.7. The van der Waals surface area contributed by atoms with Gasteiger partial charge in [0.1, 0.15) is 12.3 Å². The van der Waals surface area contributed by atoms with Crippen molar-refractivity contribution in [2.75, 3.05) is 19.0 Å². The molecule has 4 aromatic rings. The molecule has 0 bridgehead atoms. The Labute approximate surface area is 209 Å². The minimum absolute atomic E-state index is 0.189. The lowest BCUT2D eigenvalue weighted by Crippen LogP contribution is -2.30. The molecule has 1 amide bonds. The van der Waals surface area contributed by atoms with Gasteiger partial charge in [-0.15, -0.1) is 0 Å². The van der Waals surface area contributed by atoms with Crippen LogP contribution in [0.2, 0.25) is 0 Å². The fourth-order valence-corrected chi connectivity index (χ4v) is 4.08. The molecule has 1 heterocycles. The molecule has 0 radical (unpaired) electrons. The molecule has 0 aliphatic rings. The zero-order valence-electron chi connectivity index (χ0n) is 20.3. The van der Waals surface area contributed by atoms with Gasteiger partial charge in [0.2, 0.25) is 5.91 Å². The molecule has 0 fully saturated rings. The number of nitrogens with one attached hydrogen (secondary N) is 1. The van der Waals surface area contributed by atoms with Gasteiger partial charge in [-0.1, -0.05) is 36.4 Å². The van der Waals surface area contributed by atoms with Crippen LogP contribution in [0.4, 0.5) is 5.69 Å². The number of carbonyl (C=O) groups excluding carboxylic acids is 2. The van der Waals surface area contributed by atoms with Gasteiger partial charge in [0, 0.05) is 17.3 Å². The predicted molar refractivity (Wildman–Crippen MR) is 140 cm³/mol. The van der Waals surface area contributed by atoms with E-state index in [1.54, 1.807) is 44.4 Å². The van der Waals surface area contributed by atoms with Crippen LogP contribution in [0.1, 0.15) is 28.4 Å². The van der Waals surface area contributed by atoms with E-state index in [4.69, 9.17) is 9.47 Å².